The van der Waals surface area contributed by atoms with Crippen molar-refractivity contribution in [3.8, 4) is 12.1 Å². The highest BCUT2D eigenvalue weighted by Gasteiger charge is 2.08. The molecule has 0 bridgehead atoms. The molecular formula is C12H12N2O2S2. The lowest BCUT2D eigenvalue weighted by molar-refractivity contribution is 0.600. The maximum atomic E-state index is 11.0. The third kappa shape index (κ3) is 4.40. The Kier molecular flexibility index (Phi) is 5.21. The van der Waals surface area contributed by atoms with E-state index in [-0.39, 0.29) is 5.75 Å². The van der Waals surface area contributed by atoms with E-state index in [1.54, 1.807) is 18.2 Å². The summed E-state index contributed by atoms with van der Waals surface area (Å²) in [5.74, 6) is 0.746. The summed E-state index contributed by atoms with van der Waals surface area (Å²) in [5, 5.41) is 17.9. The van der Waals surface area contributed by atoms with Crippen molar-refractivity contribution in [3.05, 3.63) is 29.3 Å². The molecule has 0 amide bonds. The van der Waals surface area contributed by atoms with Crippen molar-refractivity contribution in [3.63, 3.8) is 0 Å². The van der Waals surface area contributed by atoms with Gasteiger partial charge in [0.15, 0.2) is 0 Å². The van der Waals surface area contributed by atoms with Crippen LogP contribution in [0.2, 0.25) is 0 Å². The van der Waals surface area contributed by atoms with Gasteiger partial charge < -0.3 is 0 Å². The molecular weight excluding hydrogens is 268 g/mol. The molecule has 0 saturated heterocycles. The standard InChI is InChI=1S/C12H12N2O2S2/c1-18(15,16)7-3-6-17-12-5-2-4-10(8-13)11(12)9-14/h2,4-5H,3,6-7H2,1H3. The lowest BCUT2D eigenvalue weighted by atomic mass is 10.1. The Morgan fingerprint density at radius 3 is 2.56 bits per heavy atom. The quantitative estimate of drug-likeness (QED) is 0.608. The normalized spacial score (nSPS) is 10.6. The molecule has 0 aromatic heterocycles. The highest BCUT2D eigenvalue weighted by Crippen LogP contribution is 2.25. The lowest BCUT2D eigenvalue weighted by Crippen LogP contribution is -2.03. The molecule has 0 aliphatic rings. The van der Waals surface area contributed by atoms with Crippen molar-refractivity contribution in [1.29, 1.82) is 10.5 Å². The first-order valence-electron chi connectivity index (χ1n) is 5.21. The summed E-state index contributed by atoms with van der Waals surface area (Å²) in [4.78, 5) is 0.727. The summed E-state index contributed by atoms with van der Waals surface area (Å²) in [6.45, 7) is 0. The summed E-state index contributed by atoms with van der Waals surface area (Å²) in [7, 11) is -2.94. The molecule has 6 heteroatoms. The summed E-state index contributed by atoms with van der Waals surface area (Å²) in [6.07, 6.45) is 1.74. The van der Waals surface area contributed by atoms with Gasteiger partial charge in [0, 0.05) is 11.2 Å². The van der Waals surface area contributed by atoms with Crippen LogP contribution in [0.5, 0.6) is 0 Å². The first-order chi connectivity index (χ1) is 8.48. The summed E-state index contributed by atoms with van der Waals surface area (Å²) in [6, 6.07) is 9.07. The van der Waals surface area contributed by atoms with Gasteiger partial charge in [0.1, 0.15) is 22.0 Å². The van der Waals surface area contributed by atoms with Crippen LogP contribution in [0.3, 0.4) is 0 Å². The molecule has 0 aliphatic carbocycles. The maximum Gasteiger partial charge on any atom is 0.147 e. The van der Waals surface area contributed by atoms with E-state index in [9.17, 15) is 8.42 Å². The van der Waals surface area contributed by atoms with Gasteiger partial charge in [-0.3, -0.25) is 0 Å². The van der Waals surface area contributed by atoms with E-state index >= 15 is 0 Å². The fourth-order valence-corrected chi connectivity index (χ4v) is 3.20. The summed E-state index contributed by atoms with van der Waals surface area (Å²) < 4.78 is 21.9. The van der Waals surface area contributed by atoms with Crippen LogP contribution < -0.4 is 0 Å². The minimum atomic E-state index is -2.94. The van der Waals surface area contributed by atoms with Crippen LogP contribution in [0, 0.1) is 22.7 Å². The predicted molar refractivity (Wildman–Crippen MR) is 70.9 cm³/mol. The van der Waals surface area contributed by atoms with Gasteiger partial charge in [-0.15, -0.1) is 11.8 Å². The third-order valence-electron chi connectivity index (χ3n) is 2.18. The highest BCUT2D eigenvalue weighted by molar-refractivity contribution is 7.99. The number of hydrogen-bond donors (Lipinski definition) is 0. The fraction of sp³-hybridized carbons (Fsp3) is 0.333. The van der Waals surface area contributed by atoms with Gasteiger partial charge in [0.2, 0.25) is 0 Å². The van der Waals surface area contributed by atoms with Crippen molar-refractivity contribution < 1.29 is 8.42 Å². The van der Waals surface area contributed by atoms with Gasteiger partial charge in [0.25, 0.3) is 0 Å². The largest absolute Gasteiger partial charge is 0.229 e. The zero-order valence-corrected chi connectivity index (χ0v) is 11.5. The van der Waals surface area contributed by atoms with Crippen molar-refractivity contribution in [1.82, 2.24) is 0 Å². The molecule has 0 atom stereocenters. The SMILES string of the molecule is CS(=O)(=O)CCCSc1cccc(C#N)c1C#N. The lowest BCUT2D eigenvalue weighted by Gasteiger charge is -2.04. The van der Waals surface area contributed by atoms with E-state index in [0.717, 1.165) is 4.90 Å². The molecule has 0 N–H and O–H groups in total. The smallest absolute Gasteiger partial charge is 0.147 e. The summed E-state index contributed by atoms with van der Waals surface area (Å²) in [5.41, 5.74) is 0.718. The molecule has 0 fully saturated rings. The molecule has 0 unspecified atom stereocenters. The molecule has 94 valence electrons. The van der Waals surface area contributed by atoms with Gasteiger partial charge in [0.05, 0.1) is 16.9 Å². The minimum absolute atomic E-state index is 0.139. The Balaban J connectivity index is 2.70. The Labute approximate surface area is 111 Å². The van der Waals surface area contributed by atoms with Gasteiger partial charge in [-0.25, -0.2) is 8.42 Å². The van der Waals surface area contributed by atoms with Gasteiger partial charge >= 0.3 is 0 Å². The fourth-order valence-electron chi connectivity index (χ4n) is 1.36. The topological polar surface area (TPSA) is 81.7 Å². The van der Waals surface area contributed by atoms with Gasteiger partial charge in [-0.05, 0) is 24.3 Å². The highest BCUT2D eigenvalue weighted by atomic mass is 32.2. The molecule has 4 nitrogen and oxygen atoms in total. The molecule has 1 aromatic carbocycles. The zero-order chi connectivity index (χ0) is 13.6. The monoisotopic (exact) mass is 280 g/mol. The second-order valence-electron chi connectivity index (χ2n) is 3.73. The van der Waals surface area contributed by atoms with Crippen molar-refractivity contribution in [2.45, 2.75) is 11.3 Å². The summed E-state index contributed by atoms with van der Waals surface area (Å²) >= 11 is 1.40. The molecule has 0 heterocycles. The number of sulfone groups is 1. The zero-order valence-electron chi connectivity index (χ0n) is 9.88. The van der Waals surface area contributed by atoms with E-state index in [4.69, 9.17) is 10.5 Å². The van der Waals surface area contributed by atoms with Crippen molar-refractivity contribution in [2.75, 3.05) is 17.8 Å². The predicted octanol–water partition coefficient (Wildman–Crippen LogP) is 1.96. The van der Waals surface area contributed by atoms with Crippen LogP contribution in [0.25, 0.3) is 0 Å². The molecule has 0 saturated carbocycles. The average molecular weight is 280 g/mol. The van der Waals surface area contributed by atoms with E-state index < -0.39 is 9.84 Å². The Morgan fingerprint density at radius 2 is 2.00 bits per heavy atom. The molecule has 0 radical (unpaired) electrons. The molecule has 1 rings (SSSR count). The Bertz CT molecular complexity index is 610. The number of hydrogen-bond acceptors (Lipinski definition) is 5. The van der Waals surface area contributed by atoms with E-state index in [2.05, 4.69) is 0 Å². The van der Waals surface area contributed by atoms with Crippen LogP contribution >= 0.6 is 11.8 Å². The number of thioether (sulfide) groups is 1. The van der Waals surface area contributed by atoms with Gasteiger partial charge in [-0.1, -0.05) is 6.07 Å². The number of nitrogens with zero attached hydrogens (tertiary/aromatic N) is 2. The van der Waals surface area contributed by atoms with Gasteiger partial charge in [-0.2, -0.15) is 10.5 Å². The number of rotatable bonds is 5. The Morgan fingerprint density at radius 1 is 1.28 bits per heavy atom. The van der Waals surface area contributed by atoms with E-state index in [1.165, 1.54) is 18.0 Å². The first kappa shape index (κ1) is 14.6. The minimum Gasteiger partial charge on any atom is -0.229 e. The third-order valence-corrected chi connectivity index (χ3v) is 4.35. The molecule has 18 heavy (non-hydrogen) atoms. The number of benzene rings is 1. The van der Waals surface area contributed by atoms with Crippen LogP contribution in [-0.2, 0) is 9.84 Å². The van der Waals surface area contributed by atoms with Crippen LogP contribution in [0.4, 0.5) is 0 Å². The van der Waals surface area contributed by atoms with Crippen molar-refractivity contribution >= 4 is 21.6 Å². The van der Waals surface area contributed by atoms with E-state index in [0.29, 0.717) is 23.3 Å². The average Bonchev–Trinajstić information content (AvgIpc) is 2.32. The Hall–Kier alpha value is -1.50. The van der Waals surface area contributed by atoms with E-state index in [1.807, 2.05) is 12.1 Å². The molecule has 0 aliphatic heterocycles. The molecule has 0 spiro atoms. The first-order valence-corrected chi connectivity index (χ1v) is 8.26. The van der Waals surface area contributed by atoms with Crippen LogP contribution in [-0.4, -0.2) is 26.2 Å². The maximum absolute atomic E-state index is 11.0. The van der Waals surface area contributed by atoms with Crippen LogP contribution in [0.1, 0.15) is 17.5 Å². The molecule has 1 aromatic rings. The van der Waals surface area contributed by atoms with Crippen LogP contribution in [0.15, 0.2) is 23.1 Å². The second-order valence-corrected chi connectivity index (χ2v) is 7.13. The van der Waals surface area contributed by atoms with Crippen molar-refractivity contribution in [2.24, 2.45) is 0 Å². The second kappa shape index (κ2) is 6.44. The number of nitriles is 2.